The van der Waals surface area contributed by atoms with E-state index in [0.29, 0.717) is 18.3 Å². The predicted molar refractivity (Wildman–Crippen MR) is 72.1 cm³/mol. The Bertz CT molecular complexity index is 333. The van der Waals surface area contributed by atoms with Gasteiger partial charge >= 0.3 is 0 Å². The minimum Gasteiger partial charge on any atom is -0.383 e. The highest BCUT2D eigenvalue weighted by Crippen LogP contribution is 2.17. The molecule has 0 unspecified atom stereocenters. The van der Waals surface area contributed by atoms with E-state index in [2.05, 4.69) is 22.5 Å². The Morgan fingerprint density at radius 3 is 2.94 bits per heavy atom. The lowest BCUT2D eigenvalue weighted by atomic mass is 10.4. The third kappa shape index (κ3) is 6.58. The van der Waals surface area contributed by atoms with E-state index in [1.807, 2.05) is 0 Å². The first-order chi connectivity index (χ1) is 7.76. The molecule has 98 valence electrons. The fourth-order valence-corrected chi connectivity index (χ4v) is 1.84. The van der Waals surface area contributed by atoms with Crippen LogP contribution in [0, 0.1) is 0 Å². The molecule has 0 saturated heterocycles. The zero-order chi connectivity index (χ0) is 11.8. The van der Waals surface area contributed by atoms with Gasteiger partial charge in [0, 0.05) is 24.7 Å². The number of carbonyl (C=O) groups is 1. The molecule has 0 saturated carbocycles. The molecule has 1 aromatic rings. The Hall–Kier alpha value is -0.690. The van der Waals surface area contributed by atoms with Gasteiger partial charge in [-0.2, -0.15) is 0 Å². The van der Waals surface area contributed by atoms with E-state index in [4.69, 9.17) is 4.74 Å². The first-order valence-electron chi connectivity index (χ1n) is 5.20. The summed E-state index contributed by atoms with van der Waals surface area (Å²) < 4.78 is 4.86. The third-order valence-electron chi connectivity index (χ3n) is 1.92. The molecule has 0 atom stereocenters. The lowest BCUT2D eigenvalue weighted by Crippen LogP contribution is -2.30. The molecule has 17 heavy (non-hydrogen) atoms. The number of nitrogens with one attached hydrogen (secondary N) is 2. The number of ether oxygens (including phenoxy) is 1. The number of halogens is 1. The number of amides is 1. The van der Waals surface area contributed by atoms with Gasteiger partial charge < -0.3 is 15.4 Å². The molecular formula is C10H18ClN3O2S. The van der Waals surface area contributed by atoms with Crippen LogP contribution in [0.25, 0.3) is 0 Å². The first-order valence-corrected chi connectivity index (χ1v) is 6.02. The number of anilines is 1. The second-order valence-electron chi connectivity index (χ2n) is 3.20. The number of hydrogen-bond donors (Lipinski definition) is 2. The van der Waals surface area contributed by atoms with Crippen LogP contribution in [0.2, 0.25) is 0 Å². The average molecular weight is 280 g/mol. The Labute approximate surface area is 111 Å². The van der Waals surface area contributed by atoms with Gasteiger partial charge in [0.1, 0.15) is 0 Å². The van der Waals surface area contributed by atoms with Crippen molar-refractivity contribution in [1.82, 2.24) is 10.3 Å². The summed E-state index contributed by atoms with van der Waals surface area (Å²) in [4.78, 5) is 16.7. The van der Waals surface area contributed by atoms with Crippen LogP contribution >= 0.6 is 23.7 Å². The molecule has 0 aliphatic heterocycles. The summed E-state index contributed by atoms with van der Waals surface area (Å²) >= 11 is 1.51. The van der Waals surface area contributed by atoms with Crippen LogP contribution in [-0.4, -0.2) is 37.7 Å². The smallest absolute Gasteiger partial charge is 0.240 e. The van der Waals surface area contributed by atoms with Gasteiger partial charge in [0.05, 0.1) is 13.2 Å². The van der Waals surface area contributed by atoms with Gasteiger partial charge in [0.15, 0.2) is 5.13 Å². The molecule has 0 spiro atoms. The SMILES string of the molecule is CCc1cnc(NC(=O)CNCCOC)s1.Cl. The van der Waals surface area contributed by atoms with Crippen molar-refractivity contribution in [2.75, 3.05) is 32.1 Å². The van der Waals surface area contributed by atoms with Crippen LogP contribution in [0.5, 0.6) is 0 Å². The van der Waals surface area contributed by atoms with Crippen molar-refractivity contribution in [3.8, 4) is 0 Å². The Morgan fingerprint density at radius 1 is 1.59 bits per heavy atom. The van der Waals surface area contributed by atoms with Crippen LogP contribution in [0.3, 0.4) is 0 Å². The number of rotatable bonds is 7. The molecule has 5 nitrogen and oxygen atoms in total. The van der Waals surface area contributed by atoms with E-state index in [9.17, 15) is 4.79 Å². The van der Waals surface area contributed by atoms with Crippen molar-refractivity contribution >= 4 is 34.8 Å². The molecule has 0 bridgehead atoms. The maximum Gasteiger partial charge on any atom is 0.240 e. The van der Waals surface area contributed by atoms with Crippen molar-refractivity contribution in [3.05, 3.63) is 11.1 Å². The number of aryl methyl sites for hydroxylation is 1. The van der Waals surface area contributed by atoms with E-state index in [1.54, 1.807) is 13.3 Å². The van der Waals surface area contributed by atoms with Gasteiger partial charge in [0.25, 0.3) is 0 Å². The van der Waals surface area contributed by atoms with Crippen LogP contribution in [0.1, 0.15) is 11.8 Å². The number of hydrogen-bond acceptors (Lipinski definition) is 5. The van der Waals surface area contributed by atoms with Crippen LogP contribution < -0.4 is 10.6 Å². The molecule has 0 radical (unpaired) electrons. The Morgan fingerprint density at radius 2 is 2.35 bits per heavy atom. The highest BCUT2D eigenvalue weighted by molar-refractivity contribution is 7.15. The Balaban J connectivity index is 0.00000256. The second kappa shape index (κ2) is 9.35. The monoisotopic (exact) mass is 279 g/mol. The Kier molecular flexibility index (Phi) is 8.97. The van der Waals surface area contributed by atoms with Gasteiger partial charge in [-0.05, 0) is 6.42 Å². The van der Waals surface area contributed by atoms with E-state index in [0.717, 1.165) is 6.42 Å². The molecule has 7 heteroatoms. The summed E-state index contributed by atoms with van der Waals surface area (Å²) in [6.45, 7) is 3.61. The van der Waals surface area contributed by atoms with Gasteiger partial charge in [-0.1, -0.05) is 6.92 Å². The lowest BCUT2D eigenvalue weighted by molar-refractivity contribution is -0.115. The molecule has 0 aromatic carbocycles. The van der Waals surface area contributed by atoms with Crippen LogP contribution in [0.4, 0.5) is 5.13 Å². The number of aromatic nitrogens is 1. The highest BCUT2D eigenvalue weighted by atomic mass is 35.5. The summed E-state index contributed by atoms with van der Waals surface area (Å²) in [6, 6.07) is 0. The summed E-state index contributed by atoms with van der Waals surface area (Å²) in [5, 5.41) is 6.37. The van der Waals surface area contributed by atoms with Gasteiger partial charge in [0.2, 0.25) is 5.91 Å². The van der Waals surface area contributed by atoms with Crippen molar-refractivity contribution < 1.29 is 9.53 Å². The quantitative estimate of drug-likeness (QED) is 0.739. The summed E-state index contributed by atoms with van der Waals surface area (Å²) in [7, 11) is 1.63. The molecule has 2 N–H and O–H groups in total. The summed E-state index contributed by atoms with van der Waals surface area (Å²) in [5.41, 5.74) is 0. The standard InChI is InChI=1S/C10H17N3O2S.ClH/c1-3-8-6-12-10(16-8)13-9(14)7-11-4-5-15-2;/h6,11H,3-5,7H2,1-2H3,(H,12,13,14);1H. The normalized spacial score (nSPS) is 9.76. The van der Waals surface area contributed by atoms with Crippen molar-refractivity contribution in [1.29, 1.82) is 0 Å². The van der Waals surface area contributed by atoms with E-state index < -0.39 is 0 Å². The summed E-state index contributed by atoms with van der Waals surface area (Å²) in [5.74, 6) is -0.0758. The minimum atomic E-state index is -0.0758. The number of methoxy groups -OCH3 is 1. The minimum absolute atomic E-state index is 0. The van der Waals surface area contributed by atoms with Gasteiger partial charge in [-0.25, -0.2) is 4.98 Å². The number of carbonyl (C=O) groups excluding carboxylic acids is 1. The predicted octanol–water partition coefficient (Wildman–Crippen LogP) is 1.30. The van der Waals surface area contributed by atoms with E-state index >= 15 is 0 Å². The maximum absolute atomic E-state index is 11.4. The van der Waals surface area contributed by atoms with Crippen molar-refractivity contribution in [3.63, 3.8) is 0 Å². The molecule has 1 rings (SSSR count). The van der Waals surface area contributed by atoms with Crippen LogP contribution in [-0.2, 0) is 16.0 Å². The van der Waals surface area contributed by atoms with Crippen LogP contribution in [0.15, 0.2) is 6.20 Å². The molecule has 0 fully saturated rings. The number of thiazole rings is 1. The maximum atomic E-state index is 11.4. The first kappa shape index (κ1) is 16.3. The molecule has 0 aliphatic rings. The summed E-state index contributed by atoms with van der Waals surface area (Å²) in [6.07, 6.45) is 2.73. The van der Waals surface area contributed by atoms with Crippen molar-refractivity contribution in [2.24, 2.45) is 0 Å². The molecule has 1 amide bonds. The largest absolute Gasteiger partial charge is 0.383 e. The molecular weight excluding hydrogens is 262 g/mol. The van der Waals surface area contributed by atoms with E-state index in [1.165, 1.54) is 16.2 Å². The molecule has 1 heterocycles. The molecule has 1 aromatic heterocycles. The topological polar surface area (TPSA) is 63.2 Å². The lowest BCUT2D eigenvalue weighted by Gasteiger charge is -2.03. The number of nitrogens with zero attached hydrogens (tertiary/aromatic N) is 1. The van der Waals surface area contributed by atoms with Crippen molar-refractivity contribution in [2.45, 2.75) is 13.3 Å². The van der Waals surface area contributed by atoms with Gasteiger partial charge in [-0.15, -0.1) is 23.7 Å². The van der Waals surface area contributed by atoms with Gasteiger partial charge in [-0.3, -0.25) is 4.79 Å². The third-order valence-corrected chi connectivity index (χ3v) is 2.97. The zero-order valence-electron chi connectivity index (χ0n) is 9.99. The van der Waals surface area contributed by atoms with E-state index in [-0.39, 0.29) is 24.9 Å². The highest BCUT2D eigenvalue weighted by Gasteiger charge is 2.05. The molecule has 0 aliphatic carbocycles. The second-order valence-corrected chi connectivity index (χ2v) is 4.32. The fraction of sp³-hybridized carbons (Fsp3) is 0.600. The average Bonchev–Trinajstić information content (AvgIpc) is 2.72. The zero-order valence-corrected chi connectivity index (χ0v) is 11.6. The fourth-order valence-electron chi connectivity index (χ4n) is 1.07.